The summed E-state index contributed by atoms with van der Waals surface area (Å²) >= 11 is 0. The van der Waals surface area contributed by atoms with Gasteiger partial charge in [-0.25, -0.2) is 4.79 Å². The van der Waals surface area contributed by atoms with Gasteiger partial charge in [-0.3, -0.25) is 10.1 Å². The van der Waals surface area contributed by atoms with Gasteiger partial charge in [-0.05, 0) is 42.5 Å². The molecule has 35 heavy (non-hydrogen) atoms. The minimum Gasteiger partial charge on any atom is -0.491 e. The molecular weight excluding hydrogens is 469 g/mol. The van der Waals surface area contributed by atoms with Crippen molar-refractivity contribution < 1.29 is 37.1 Å². The Bertz CT molecular complexity index is 1150. The van der Waals surface area contributed by atoms with Gasteiger partial charge in [-0.2, -0.15) is 13.2 Å². The van der Waals surface area contributed by atoms with Crippen LogP contribution in [0.5, 0.6) is 5.75 Å². The number of benzene rings is 3. The average Bonchev–Trinajstić information content (AvgIpc) is 2.83. The van der Waals surface area contributed by atoms with Gasteiger partial charge in [0.15, 0.2) is 0 Å². The minimum atomic E-state index is -4.48. The van der Waals surface area contributed by atoms with E-state index in [0.29, 0.717) is 11.4 Å². The molecule has 8 nitrogen and oxygen atoms in total. The molecular formula is C24H21F3N2O6. The van der Waals surface area contributed by atoms with Crippen LogP contribution in [0.3, 0.4) is 0 Å². The summed E-state index contributed by atoms with van der Waals surface area (Å²) < 4.78 is 54.8. The second-order valence-corrected chi connectivity index (χ2v) is 7.10. The number of anilines is 2. The maximum Gasteiger partial charge on any atom is 0.416 e. The number of nitrogens with one attached hydrogen (secondary N) is 1. The number of esters is 1. The lowest BCUT2D eigenvalue weighted by atomic mass is 10.1. The van der Waals surface area contributed by atoms with E-state index in [9.17, 15) is 28.1 Å². The fourth-order valence-corrected chi connectivity index (χ4v) is 2.95. The van der Waals surface area contributed by atoms with Crippen LogP contribution in [0.25, 0.3) is 0 Å². The second-order valence-electron chi connectivity index (χ2n) is 7.10. The molecule has 0 bridgehead atoms. The maximum absolute atomic E-state index is 12.9. The van der Waals surface area contributed by atoms with E-state index in [1.165, 1.54) is 42.5 Å². The summed E-state index contributed by atoms with van der Waals surface area (Å²) in [6, 6.07) is 16.6. The SMILES string of the molecule is O=C(OCCOCCOc1ccc([N+](=O)[O-])cc1)c1ccccc1Nc1cccc(C(F)(F)F)c1. The van der Waals surface area contributed by atoms with Crippen LogP contribution in [0.4, 0.5) is 30.2 Å². The van der Waals surface area contributed by atoms with Crippen LogP contribution in [0, 0.1) is 10.1 Å². The van der Waals surface area contributed by atoms with Crippen LogP contribution >= 0.6 is 0 Å². The Morgan fingerprint density at radius 2 is 1.63 bits per heavy atom. The molecule has 0 radical (unpaired) electrons. The quantitative estimate of drug-likeness (QED) is 0.161. The van der Waals surface area contributed by atoms with Crippen molar-refractivity contribution in [2.75, 3.05) is 31.7 Å². The fraction of sp³-hybridized carbons (Fsp3) is 0.208. The van der Waals surface area contributed by atoms with Crippen LogP contribution < -0.4 is 10.1 Å². The van der Waals surface area contributed by atoms with E-state index in [-0.39, 0.29) is 43.4 Å². The number of rotatable bonds is 11. The number of nitro groups is 1. The molecule has 0 amide bonds. The lowest BCUT2D eigenvalue weighted by molar-refractivity contribution is -0.384. The molecule has 0 fully saturated rings. The molecule has 0 heterocycles. The van der Waals surface area contributed by atoms with E-state index < -0.39 is 22.6 Å². The highest BCUT2D eigenvalue weighted by atomic mass is 19.4. The summed E-state index contributed by atoms with van der Waals surface area (Å²) in [5.41, 5.74) is -0.212. The summed E-state index contributed by atoms with van der Waals surface area (Å²) in [5, 5.41) is 13.4. The van der Waals surface area contributed by atoms with Crippen molar-refractivity contribution in [3.8, 4) is 5.75 Å². The topological polar surface area (TPSA) is 99.9 Å². The number of nitro benzene ring substituents is 1. The summed E-state index contributed by atoms with van der Waals surface area (Å²) in [6.45, 7) is 0.435. The summed E-state index contributed by atoms with van der Waals surface area (Å²) in [6.07, 6.45) is -4.48. The summed E-state index contributed by atoms with van der Waals surface area (Å²) in [7, 11) is 0. The van der Waals surface area contributed by atoms with Crippen molar-refractivity contribution in [2.45, 2.75) is 6.18 Å². The lowest BCUT2D eigenvalue weighted by Crippen LogP contribution is -2.14. The predicted molar refractivity (Wildman–Crippen MR) is 121 cm³/mol. The first-order chi connectivity index (χ1) is 16.7. The minimum absolute atomic E-state index is 0.0398. The van der Waals surface area contributed by atoms with Gasteiger partial charge in [-0.15, -0.1) is 0 Å². The van der Waals surface area contributed by atoms with E-state index in [2.05, 4.69) is 5.32 Å². The molecule has 1 N–H and O–H groups in total. The van der Waals surface area contributed by atoms with Crippen molar-refractivity contribution in [2.24, 2.45) is 0 Å². The van der Waals surface area contributed by atoms with Crippen molar-refractivity contribution in [1.82, 2.24) is 0 Å². The molecule has 0 unspecified atom stereocenters. The molecule has 11 heteroatoms. The number of halogens is 3. The van der Waals surface area contributed by atoms with Gasteiger partial charge >= 0.3 is 12.1 Å². The fourth-order valence-electron chi connectivity index (χ4n) is 2.95. The molecule has 3 rings (SSSR count). The number of nitrogens with zero attached hydrogens (tertiary/aromatic N) is 1. The van der Waals surface area contributed by atoms with Gasteiger partial charge in [-0.1, -0.05) is 18.2 Å². The number of carbonyl (C=O) groups is 1. The first kappa shape index (κ1) is 25.5. The van der Waals surface area contributed by atoms with Crippen molar-refractivity contribution in [1.29, 1.82) is 0 Å². The largest absolute Gasteiger partial charge is 0.491 e. The second kappa shape index (κ2) is 11.8. The molecule has 0 aliphatic heterocycles. The first-order valence-electron chi connectivity index (χ1n) is 10.4. The van der Waals surface area contributed by atoms with Crippen LogP contribution in [-0.4, -0.2) is 37.3 Å². The Labute approximate surface area is 198 Å². The molecule has 0 aliphatic rings. The summed E-state index contributed by atoms with van der Waals surface area (Å²) in [4.78, 5) is 22.6. The van der Waals surface area contributed by atoms with Gasteiger partial charge in [0, 0.05) is 17.8 Å². The van der Waals surface area contributed by atoms with Gasteiger partial charge in [0.25, 0.3) is 5.69 Å². The number of carbonyl (C=O) groups excluding carboxylic acids is 1. The number of para-hydroxylation sites is 1. The van der Waals surface area contributed by atoms with E-state index in [1.807, 2.05) is 0 Å². The van der Waals surface area contributed by atoms with Gasteiger partial charge in [0.05, 0.1) is 35.0 Å². The molecule has 0 saturated heterocycles. The standard InChI is InChI=1S/C24H21F3N2O6/c25-24(26,27)17-4-3-5-18(16-17)28-22-7-2-1-6-21(22)23(30)35-15-13-33-12-14-34-20-10-8-19(9-11-20)29(31)32/h1-11,16,28H,12-15H2. The van der Waals surface area contributed by atoms with E-state index in [4.69, 9.17) is 14.2 Å². The number of ether oxygens (including phenoxy) is 3. The first-order valence-corrected chi connectivity index (χ1v) is 10.4. The van der Waals surface area contributed by atoms with Crippen LogP contribution in [-0.2, 0) is 15.7 Å². The van der Waals surface area contributed by atoms with Crippen molar-refractivity contribution >= 4 is 23.0 Å². The third kappa shape index (κ3) is 7.71. The number of hydrogen-bond donors (Lipinski definition) is 1. The predicted octanol–water partition coefficient (Wildman–Crippen LogP) is 5.61. The molecule has 3 aromatic carbocycles. The van der Waals surface area contributed by atoms with Gasteiger partial charge in [0.2, 0.25) is 0 Å². The summed E-state index contributed by atoms with van der Waals surface area (Å²) in [5.74, 6) is -0.207. The molecule has 0 atom stereocenters. The Morgan fingerprint density at radius 3 is 2.34 bits per heavy atom. The van der Waals surface area contributed by atoms with Crippen molar-refractivity contribution in [3.05, 3.63) is 94.0 Å². The molecule has 0 aliphatic carbocycles. The molecule has 3 aromatic rings. The zero-order valence-electron chi connectivity index (χ0n) is 18.3. The Hall–Kier alpha value is -4.12. The third-order valence-electron chi connectivity index (χ3n) is 4.62. The normalized spacial score (nSPS) is 11.1. The third-order valence-corrected chi connectivity index (χ3v) is 4.62. The zero-order valence-corrected chi connectivity index (χ0v) is 18.3. The highest BCUT2D eigenvalue weighted by Gasteiger charge is 2.30. The number of alkyl halides is 3. The van der Waals surface area contributed by atoms with Crippen LogP contribution in [0.2, 0.25) is 0 Å². The lowest BCUT2D eigenvalue weighted by Gasteiger charge is -2.13. The van der Waals surface area contributed by atoms with Crippen LogP contribution in [0.1, 0.15) is 15.9 Å². The number of hydrogen-bond acceptors (Lipinski definition) is 7. The molecule has 0 aromatic heterocycles. The average molecular weight is 490 g/mol. The van der Waals surface area contributed by atoms with E-state index >= 15 is 0 Å². The highest BCUT2D eigenvalue weighted by molar-refractivity contribution is 5.96. The molecule has 0 spiro atoms. The van der Waals surface area contributed by atoms with Gasteiger partial charge < -0.3 is 19.5 Å². The van der Waals surface area contributed by atoms with Gasteiger partial charge in [0.1, 0.15) is 19.0 Å². The van der Waals surface area contributed by atoms with E-state index in [0.717, 1.165) is 12.1 Å². The smallest absolute Gasteiger partial charge is 0.416 e. The Morgan fingerprint density at radius 1 is 0.914 bits per heavy atom. The maximum atomic E-state index is 12.9. The molecule has 184 valence electrons. The van der Waals surface area contributed by atoms with Crippen molar-refractivity contribution in [3.63, 3.8) is 0 Å². The molecule has 0 saturated carbocycles. The Balaban J connectivity index is 1.43. The van der Waals surface area contributed by atoms with Crippen LogP contribution in [0.15, 0.2) is 72.8 Å². The monoisotopic (exact) mass is 490 g/mol. The van der Waals surface area contributed by atoms with E-state index in [1.54, 1.807) is 18.2 Å². The number of non-ortho nitro benzene ring substituents is 1. The Kier molecular flexibility index (Phi) is 8.63. The zero-order chi connectivity index (χ0) is 25.3. The highest BCUT2D eigenvalue weighted by Crippen LogP contribution is 2.32.